The fourth-order valence-corrected chi connectivity index (χ4v) is 1.75. The first kappa shape index (κ1) is 15.2. The zero-order chi connectivity index (χ0) is 15.2. The Labute approximate surface area is 124 Å². The summed E-state index contributed by atoms with van der Waals surface area (Å²) in [5.41, 5.74) is 0.905. The summed E-state index contributed by atoms with van der Waals surface area (Å²) in [4.78, 5) is 13.1. The smallest absolute Gasteiger partial charge is 0.213 e. The van der Waals surface area contributed by atoms with Gasteiger partial charge in [-0.2, -0.15) is 0 Å². The van der Waals surface area contributed by atoms with Crippen molar-refractivity contribution in [3.8, 4) is 0 Å². The van der Waals surface area contributed by atoms with E-state index in [1.165, 1.54) is 0 Å². The van der Waals surface area contributed by atoms with Crippen LogP contribution in [0, 0.1) is 13.8 Å². The molecule has 7 nitrogen and oxygen atoms in total. The van der Waals surface area contributed by atoms with Crippen LogP contribution in [0.4, 0.5) is 11.6 Å². The molecular weight excluding hydrogens is 270 g/mol. The summed E-state index contributed by atoms with van der Waals surface area (Å²) in [6.45, 7) is 7.25. The molecule has 7 heteroatoms. The Balaban J connectivity index is 2.07. The molecule has 0 radical (unpaired) electrons. The SMILES string of the molecule is CCOCc1nc(NC)cc(NCc2nc(C)c(C)o2)n1. The number of nitrogens with one attached hydrogen (secondary N) is 2. The van der Waals surface area contributed by atoms with Gasteiger partial charge in [-0.1, -0.05) is 0 Å². The first-order chi connectivity index (χ1) is 10.1. The number of hydrogen-bond donors (Lipinski definition) is 2. The fraction of sp³-hybridized carbons (Fsp3) is 0.500. The first-order valence-corrected chi connectivity index (χ1v) is 6.92. The lowest BCUT2D eigenvalue weighted by molar-refractivity contribution is 0.128. The predicted molar refractivity (Wildman–Crippen MR) is 80.2 cm³/mol. The molecule has 21 heavy (non-hydrogen) atoms. The largest absolute Gasteiger partial charge is 0.444 e. The molecule has 0 atom stereocenters. The molecule has 0 aliphatic heterocycles. The van der Waals surface area contributed by atoms with E-state index in [0.29, 0.717) is 37.3 Å². The van der Waals surface area contributed by atoms with Gasteiger partial charge in [0.1, 0.15) is 24.0 Å². The minimum Gasteiger partial charge on any atom is -0.444 e. The monoisotopic (exact) mass is 291 g/mol. The van der Waals surface area contributed by atoms with Crippen molar-refractivity contribution in [1.82, 2.24) is 15.0 Å². The van der Waals surface area contributed by atoms with E-state index < -0.39 is 0 Å². The van der Waals surface area contributed by atoms with E-state index in [4.69, 9.17) is 9.15 Å². The summed E-state index contributed by atoms with van der Waals surface area (Å²) in [6, 6.07) is 1.83. The van der Waals surface area contributed by atoms with Crippen LogP contribution in [-0.4, -0.2) is 28.6 Å². The summed E-state index contributed by atoms with van der Waals surface area (Å²) in [5, 5.41) is 6.20. The molecule has 2 aromatic heterocycles. The second-order valence-electron chi connectivity index (χ2n) is 4.54. The molecule has 0 spiro atoms. The van der Waals surface area contributed by atoms with Crippen LogP contribution in [0.2, 0.25) is 0 Å². The van der Waals surface area contributed by atoms with Gasteiger partial charge in [0.25, 0.3) is 0 Å². The van der Waals surface area contributed by atoms with Crippen molar-refractivity contribution in [1.29, 1.82) is 0 Å². The summed E-state index contributed by atoms with van der Waals surface area (Å²) in [6.07, 6.45) is 0. The third-order valence-electron chi connectivity index (χ3n) is 2.96. The number of nitrogens with zero attached hydrogens (tertiary/aromatic N) is 3. The van der Waals surface area contributed by atoms with Crippen molar-refractivity contribution in [3.63, 3.8) is 0 Å². The maximum atomic E-state index is 5.53. The predicted octanol–water partition coefficient (Wildman–Crippen LogP) is 2.27. The van der Waals surface area contributed by atoms with Gasteiger partial charge in [0.2, 0.25) is 5.89 Å². The highest BCUT2D eigenvalue weighted by molar-refractivity contribution is 5.47. The van der Waals surface area contributed by atoms with E-state index in [-0.39, 0.29) is 0 Å². The van der Waals surface area contributed by atoms with Gasteiger partial charge in [0.15, 0.2) is 5.82 Å². The topological polar surface area (TPSA) is 85.1 Å². The number of rotatable bonds is 7. The number of hydrogen-bond acceptors (Lipinski definition) is 7. The van der Waals surface area contributed by atoms with Gasteiger partial charge in [-0.05, 0) is 20.8 Å². The van der Waals surface area contributed by atoms with E-state index >= 15 is 0 Å². The van der Waals surface area contributed by atoms with Crippen molar-refractivity contribution >= 4 is 11.6 Å². The van der Waals surface area contributed by atoms with Crippen molar-refractivity contribution in [2.75, 3.05) is 24.3 Å². The van der Waals surface area contributed by atoms with E-state index in [9.17, 15) is 0 Å². The molecule has 2 rings (SSSR count). The highest BCUT2D eigenvalue weighted by Crippen LogP contribution is 2.14. The lowest BCUT2D eigenvalue weighted by Gasteiger charge is -2.08. The molecule has 0 aliphatic carbocycles. The molecule has 0 saturated heterocycles. The van der Waals surface area contributed by atoms with Gasteiger partial charge < -0.3 is 19.8 Å². The number of aromatic nitrogens is 3. The molecule has 0 aliphatic rings. The van der Waals surface area contributed by atoms with Gasteiger partial charge in [-0.3, -0.25) is 0 Å². The number of anilines is 2. The van der Waals surface area contributed by atoms with Crippen LogP contribution in [0.1, 0.15) is 30.1 Å². The molecule has 0 saturated carbocycles. The van der Waals surface area contributed by atoms with E-state index in [1.807, 2.05) is 33.9 Å². The summed E-state index contributed by atoms with van der Waals surface area (Å²) >= 11 is 0. The fourth-order valence-electron chi connectivity index (χ4n) is 1.75. The van der Waals surface area contributed by atoms with Crippen molar-refractivity contribution in [2.24, 2.45) is 0 Å². The normalized spacial score (nSPS) is 10.7. The lowest BCUT2D eigenvalue weighted by atomic mass is 10.4. The van der Waals surface area contributed by atoms with Crippen LogP contribution in [0.25, 0.3) is 0 Å². The third-order valence-corrected chi connectivity index (χ3v) is 2.96. The number of ether oxygens (including phenoxy) is 1. The second-order valence-corrected chi connectivity index (χ2v) is 4.54. The molecule has 0 amide bonds. The van der Waals surface area contributed by atoms with Gasteiger partial charge in [-0.25, -0.2) is 15.0 Å². The molecular formula is C14H21N5O2. The zero-order valence-electron chi connectivity index (χ0n) is 12.9. The Morgan fingerprint density at radius 3 is 2.57 bits per heavy atom. The van der Waals surface area contributed by atoms with Crippen LogP contribution in [0.15, 0.2) is 10.5 Å². The molecule has 2 aromatic rings. The van der Waals surface area contributed by atoms with Gasteiger partial charge in [0, 0.05) is 19.7 Å². The number of oxazole rings is 1. The Hall–Kier alpha value is -2.15. The Bertz CT molecular complexity index is 578. The Morgan fingerprint density at radius 2 is 1.95 bits per heavy atom. The second kappa shape index (κ2) is 7.03. The van der Waals surface area contributed by atoms with E-state index in [0.717, 1.165) is 17.3 Å². The van der Waals surface area contributed by atoms with E-state index in [2.05, 4.69) is 25.6 Å². The maximum Gasteiger partial charge on any atom is 0.213 e. The van der Waals surface area contributed by atoms with Crippen molar-refractivity contribution < 1.29 is 9.15 Å². The highest BCUT2D eigenvalue weighted by atomic mass is 16.5. The molecule has 114 valence electrons. The zero-order valence-corrected chi connectivity index (χ0v) is 12.9. The number of aryl methyl sites for hydroxylation is 2. The summed E-state index contributed by atoms with van der Waals surface area (Å²) in [7, 11) is 1.82. The van der Waals surface area contributed by atoms with Crippen LogP contribution in [0.3, 0.4) is 0 Å². The highest BCUT2D eigenvalue weighted by Gasteiger charge is 2.07. The van der Waals surface area contributed by atoms with Gasteiger partial charge >= 0.3 is 0 Å². The molecule has 0 unspecified atom stereocenters. The lowest BCUT2D eigenvalue weighted by Crippen LogP contribution is -2.08. The minimum absolute atomic E-state index is 0.387. The molecule has 0 aromatic carbocycles. The van der Waals surface area contributed by atoms with Crippen LogP contribution in [0.5, 0.6) is 0 Å². The van der Waals surface area contributed by atoms with Crippen LogP contribution in [-0.2, 0) is 17.9 Å². The summed E-state index contributed by atoms with van der Waals surface area (Å²) in [5.74, 6) is 3.55. The van der Waals surface area contributed by atoms with E-state index in [1.54, 1.807) is 0 Å². The van der Waals surface area contributed by atoms with Gasteiger partial charge in [0.05, 0.1) is 12.2 Å². The van der Waals surface area contributed by atoms with Crippen molar-refractivity contribution in [2.45, 2.75) is 33.9 Å². The summed E-state index contributed by atoms with van der Waals surface area (Å²) < 4.78 is 10.9. The third kappa shape index (κ3) is 4.16. The van der Waals surface area contributed by atoms with Crippen molar-refractivity contribution in [3.05, 3.63) is 29.2 Å². The van der Waals surface area contributed by atoms with Crippen LogP contribution >= 0.6 is 0 Å². The maximum absolute atomic E-state index is 5.53. The van der Waals surface area contributed by atoms with Gasteiger partial charge in [-0.15, -0.1) is 0 Å². The average molecular weight is 291 g/mol. The standard InChI is InChI=1S/C14H21N5O2/c1-5-20-8-13-18-11(15-4)6-12(19-13)16-7-14-17-9(2)10(3)21-14/h6H,5,7-8H2,1-4H3,(H2,15,16,18,19). The average Bonchev–Trinajstić information content (AvgIpc) is 2.81. The minimum atomic E-state index is 0.387. The first-order valence-electron chi connectivity index (χ1n) is 6.92. The Morgan fingerprint density at radius 1 is 1.19 bits per heavy atom. The molecule has 2 heterocycles. The van der Waals surface area contributed by atoms with Crippen LogP contribution < -0.4 is 10.6 Å². The molecule has 0 fully saturated rings. The Kier molecular flexibility index (Phi) is 5.10. The molecule has 0 bridgehead atoms. The molecule has 2 N–H and O–H groups in total. The quantitative estimate of drug-likeness (QED) is 0.809.